The van der Waals surface area contributed by atoms with Gasteiger partial charge in [0.15, 0.2) is 0 Å². The molecule has 0 bridgehead atoms. The first kappa shape index (κ1) is 15.3. The fourth-order valence-corrected chi connectivity index (χ4v) is 2.91. The molecule has 1 amide bonds. The van der Waals surface area contributed by atoms with Gasteiger partial charge in [-0.25, -0.2) is 0 Å². The number of hydrogen-bond donors (Lipinski definition) is 0. The first-order chi connectivity index (χ1) is 9.61. The molecular weight excluding hydrogens is 258 g/mol. The Kier molecular flexibility index (Phi) is 5.37. The van der Waals surface area contributed by atoms with Gasteiger partial charge >= 0.3 is 5.97 Å². The number of amides is 1. The molecule has 2 heterocycles. The molecule has 2 aliphatic heterocycles. The Bertz CT molecular complexity index is 348. The fraction of sp³-hybridized carbons (Fsp3) is 0.857. The van der Waals surface area contributed by atoms with Gasteiger partial charge in [0.2, 0.25) is 5.91 Å². The third kappa shape index (κ3) is 3.70. The van der Waals surface area contributed by atoms with E-state index in [1.165, 1.54) is 20.0 Å². The number of ether oxygens (including phenoxy) is 1. The summed E-state index contributed by atoms with van der Waals surface area (Å²) in [5.41, 5.74) is 0. The Labute approximate surface area is 120 Å². The molecule has 0 aromatic carbocycles. The molecule has 0 spiro atoms. The second-order valence-electron chi connectivity index (χ2n) is 5.60. The van der Waals surface area contributed by atoms with Crippen molar-refractivity contribution in [1.29, 1.82) is 0 Å². The van der Waals surface area contributed by atoms with Gasteiger partial charge in [-0.15, -0.1) is 0 Å². The predicted molar refractivity (Wildman–Crippen MR) is 75.3 cm³/mol. The van der Waals surface area contributed by atoms with E-state index in [9.17, 15) is 9.59 Å². The van der Waals surface area contributed by atoms with Crippen LogP contribution >= 0.6 is 0 Å². The van der Waals surface area contributed by atoms with Gasteiger partial charge in [0.1, 0.15) is 6.04 Å². The molecular formula is C14H25N3O3. The van der Waals surface area contributed by atoms with Gasteiger partial charge in [0, 0.05) is 26.2 Å². The second-order valence-corrected chi connectivity index (χ2v) is 5.60. The molecule has 2 aliphatic rings. The van der Waals surface area contributed by atoms with Crippen LogP contribution in [0.4, 0.5) is 0 Å². The largest absolute Gasteiger partial charge is 0.468 e. The summed E-state index contributed by atoms with van der Waals surface area (Å²) in [6, 6.07) is -0.226. The van der Waals surface area contributed by atoms with Crippen LogP contribution < -0.4 is 0 Å². The van der Waals surface area contributed by atoms with E-state index in [1.54, 1.807) is 0 Å². The summed E-state index contributed by atoms with van der Waals surface area (Å²) in [5.74, 6) is 0.0131. The van der Waals surface area contributed by atoms with E-state index in [-0.39, 0.29) is 17.9 Å². The lowest BCUT2D eigenvalue weighted by Gasteiger charge is -2.37. The van der Waals surface area contributed by atoms with Crippen molar-refractivity contribution < 1.29 is 14.3 Å². The van der Waals surface area contributed by atoms with Crippen LogP contribution in [0.2, 0.25) is 0 Å². The summed E-state index contributed by atoms with van der Waals surface area (Å²) in [6.07, 6.45) is 2.41. The predicted octanol–water partition coefficient (Wildman–Crippen LogP) is -0.212. The van der Waals surface area contributed by atoms with Crippen molar-refractivity contribution in [3.63, 3.8) is 0 Å². The van der Waals surface area contributed by atoms with Crippen LogP contribution in [0.3, 0.4) is 0 Å². The van der Waals surface area contributed by atoms with E-state index in [1.807, 2.05) is 11.8 Å². The van der Waals surface area contributed by atoms with Crippen LogP contribution in [0.15, 0.2) is 0 Å². The van der Waals surface area contributed by atoms with Crippen molar-refractivity contribution in [1.82, 2.24) is 14.7 Å². The molecule has 1 atom stereocenters. The van der Waals surface area contributed by atoms with Gasteiger partial charge < -0.3 is 9.64 Å². The Morgan fingerprint density at radius 3 is 2.20 bits per heavy atom. The van der Waals surface area contributed by atoms with Crippen molar-refractivity contribution in [2.75, 3.05) is 52.9 Å². The van der Waals surface area contributed by atoms with Crippen LogP contribution in [0, 0.1) is 0 Å². The average Bonchev–Trinajstić information content (AvgIpc) is 2.98. The molecule has 6 heteroatoms. The molecule has 0 aliphatic carbocycles. The SMILES string of the molecule is COC(=O)[C@@H](C)N1CCN(C(=O)CN2CCCC2)CC1. The number of methoxy groups -OCH3 is 1. The van der Waals surface area contributed by atoms with Gasteiger partial charge in [-0.1, -0.05) is 0 Å². The molecule has 0 radical (unpaired) electrons. The third-order valence-electron chi connectivity index (χ3n) is 4.31. The lowest BCUT2D eigenvalue weighted by molar-refractivity contribution is -0.147. The second kappa shape index (κ2) is 7.04. The molecule has 2 rings (SSSR count). The van der Waals surface area contributed by atoms with Crippen LogP contribution in [0.25, 0.3) is 0 Å². The van der Waals surface area contributed by atoms with Crippen molar-refractivity contribution >= 4 is 11.9 Å². The lowest BCUT2D eigenvalue weighted by atomic mass is 10.2. The zero-order valence-electron chi connectivity index (χ0n) is 12.5. The summed E-state index contributed by atoms with van der Waals surface area (Å²) >= 11 is 0. The first-order valence-corrected chi connectivity index (χ1v) is 7.44. The van der Waals surface area contributed by atoms with Gasteiger partial charge in [0.25, 0.3) is 0 Å². The molecule has 0 saturated carbocycles. The van der Waals surface area contributed by atoms with Crippen LogP contribution in [-0.4, -0.2) is 85.5 Å². The smallest absolute Gasteiger partial charge is 0.322 e. The summed E-state index contributed by atoms with van der Waals surface area (Å²) in [6.45, 7) is 7.38. The maximum absolute atomic E-state index is 12.2. The van der Waals surface area contributed by atoms with Crippen molar-refractivity contribution in [2.45, 2.75) is 25.8 Å². The topological polar surface area (TPSA) is 53.1 Å². The number of piperazine rings is 1. The number of hydrogen-bond acceptors (Lipinski definition) is 5. The highest BCUT2D eigenvalue weighted by Gasteiger charge is 2.28. The fourth-order valence-electron chi connectivity index (χ4n) is 2.91. The summed E-state index contributed by atoms with van der Waals surface area (Å²) in [4.78, 5) is 29.9. The molecule has 0 aromatic heterocycles. The van der Waals surface area contributed by atoms with E-state index in [4.69, 9.17) is 4.74 Å². The van der Waals surface area contributed by atoms with Crippen LogP contribution in [-0.2, 0) is 14.3 Å². The van der Waals surface area contributed by atoms with Gasteiger partial charge in [-0.2, -0.15) is 0 Å². The summed E-state index contributed by atoms with van der Waals surface area (Å²) < 4.78 is 4.76. The molecule has 6 nitrogen and oxygen atoms in total. The quantitative estimate of drug-likeness (QED) is 0.668. The average molecular weight is 283 g/mol. The number of carbonyl (C=O) groups is 2. The maximum atomic E-state index is 12.2. The maximum Gasteiger partial charge on any atom is 0.322 e. The minimum Gasteiger partial charge on any atom is -0.468 e. The van der Waals surface area contributed by atoms with Crippen LogP contribution in [0.5, 0.6) is 0 Å². The monoisotopic (exact) mass is 283 g/mol. The Morgan fingerprint density at radius 2 is 1.65 bits per heavy atom. The highest BCUT2D eigenvalue weighted by molar-refractivity contribution is 5.78. The normalized spacial score (nSPS) is 22.8. The van der Waals surface area contributed by atoms with Gasteiger partial charge in [0.05, 0.1) is 13.7 Å². The lowest BCUT2D eigenvalue weighted by Crippen LogP contribution is -2.54. The minimum absolute atomic E-state index is 0.207. The van der Waals surface area contributed by atoms with Gasteiger partial charge in [-0.3, -0.25) is 19.4 Å². The highest BCUT2D eigenvalue weighted by atomic mass is 16.5. The molecule has 0 unspecified atom stereocenters. The van der Waals surface area contributed by atoms with E-state index >= 15 is 0 Å². The van der Waals surface area contributed by atoms with E-state index in [2.05, 4.69) is 9.80 Å². The third-order valence-corrected chi connectivity index (χ3v) is 4.31. The standard InChI is InChI=1S/C14H25N3O3/c1-12(14(19)20-2)16-7-9-17(10-8-16)13(18)11-15-5-3-4-6-15/h12H,3-11H2,1-2H3/t12-/m1/s1. The van der Waals surface area contributed by atoms with E-state index in [0.29, 0.717) is 19.6 Å². The highest BCUT2D eigenvalue weighted by Crippen LogP contribution is 2.10. The van der Waals surface area contributed by atoms with E-state index < -0.39 is 0 Å². The van der Waals surface area contributed by atoms with E-state index in [0.717, 1.165) is 26.2 Å². The number of rotatable bonds is 4. The van der Waals surface area contributed by atoms with Crippen LogP contribution in [0.1, 0.15) is 19.8 Å². The summed E-state index contributed by atoms with van der Waals surface area (Å²) in [5, 5.41) is 0. The number of nitrogens with zero attached hydrogens (tertiary/aromatic N) is 3. The Hall–Kier alpha value is -1.14. The molecule has 114 valence electrons. The molecule has 0 N–H and O–H groups in total. The zero-order valence-corrected chi connectivity index (χ0v) is 12.5. The molecule has 0 aromatic rings. The zero-order chi connectivity index (χ0) is 14.5. The van der Waals surface area contributed by atoms with Crippen molar-refractivity contribution in [3.05, 3.63) is 0 Å². The van der Waals surface area contributed by atoms with Crippen molar-refractivity contribution in [3.8, 4) is 0 Å². The molecule has 2 fully saturated rings. The number of carbonyl (C=O) groups excluding carboxylic acids is 2. The minimum atomic E-state index is -0.226. The van der Waals surface area contributed by atoms with Crippen molar-refractivity contribution in [2.24, 2.45) is 0 Å². The number of esters is 1. The Balaban J connectivity index is 1.75. The first-order valence-electron chi connectivity index (χ1n) is 7.44. The Morgan fingerprint density at radius 1 is 1.05 bits per heavy atom. The molecule has 20 heavy (non-hydrogen) atoms. The summed E-state index contributed by atoms with van der Waals surface area (Å²) in [7, 11) is 1.41. The molecule has 2 saturated heterocycles. The number of likely N-dealkylation sites (tertiary alicyclic amines) is 1. The van der Waals surface area contributed by atoms with Gasteiger partial charge in [-0.05, 0) is 32.9 Å².